The molecule has 28 heavy (non-hydrogen) atoms. The predicted octanol–water partition coefficient (Wildman–Crippen LogP) is 5.86. The Labute approximate surface area is 185 Å². The second kappa shape index (κ2) is 9.24. The maximum absolute atomic E-state index is 12.5. The number of carbonyl (C=O) groups excluding carboxylic acids is 1. The van der Waals surface area contributed by atoms with E-state index in [1.807, 2.05) is 54.1 Å². The number of thioether (sulfide) groups is 1. The van der Waals surface area contributed by atoms with Crippen LogP contribution in [0.25, 0.3) is 11.4 Å². The molecule has 0 fully saturated rings. The van der Waals surface area contributed by atoms with E-state index in [9.17, 15) is 4.79 Å². The number of amides is 1. The van der Waals surface area contributed by atoms with Gasteiger partial charge in [0.2, 0.25) is 5.91 Å². The predicted molar refractivity (Wildman–Crippen MR) is 122 cm³/mol. The topological polar surface area (TPSA) is 59.8 Å². The first-order valence-corrected chi connectivity index (χ1v) is 11.3. The average molecular weight is 524 g/mol. The first kappa shape index (κ1) is 21.1. The normalized spacial score (nSPS) is 11.1. The largest absolute Gasteiger partial charge is 0.325 e. The standard InChI is InChI=1S/C20H20Br2N4OS/c1-12(2)16-10-15(22)8-9-17(16)23-18(27)11-28-20-25-24-19(26(20)3)13-4-6-14(21)7-5-13/h4-10,12H,11H2,1-3H3,(H,23,27). The van der Waals surface area contributed by atoms with Crippen LogP contribution in [-0.4, -0.2) is 26.4 Å². The zero-order chi connectivity index (χ0) is 20.3. The van der Waals surface area contributed by atoms with Gasteiger partial charge in [0.15, 0.2) is 11.0 Å². The Balaban J connectivity index is 1.67. The Kier molecular flexibility index (Phi) is 6.95. The van der Waals surface area contributed by atoms with E-state index in [2.05, 4.69) is 61.2 Å². The van der Waals surface area contributed by atoms with E-state index in [1.165, 1.54) is 11.8 Å². The van der Waals surface area contributed by atoms with Crippen molar-refractivity contribution in [3.05, 3.63) is 57.0 Å². The van der Waals surface area contributed by atoms with E-state index >= 15 is 0 Å². The van der Waals surface area contributed by atoms with Crippen LogP contribution in [0, 0.1) is 0 Å². The Morgan fingerprint density at radius 1 is 1.11 bits per heavy atom. The van der Waals surface area contributed by atoms with Gasteiger partial charge in [-0.3, -0.25) is 4.79 Å². The zero-order valence-corrected chi connectivity index (χ0v) is 19.7. The number of hydrogen-bond donors (Lipinski definition) is 1. The molecule has 3 rings (SSSR count). The number of aromatic nitrogens is 3. The molecule has 3 aromatic rings. The summed E-state index contributed by atoms with van der Waals surface area (Å²) in [5.41, 5.74) is 2.92. The third-order valence-electron chi connectivity index (χ3n) is 4.18. The number of halogens is 2. The van der Waals surface area contributed by atoms with Crippen molar-refractivity contribution in [2.75, 3.05) is 11.1 Å². The van der Waals surface area contributed by atoms with Crippen molar-refractivity contribution >= 4 is 55.2 Å². The van der Waals surface area contributed by atoms with Gasteiger partial charge < -0.3 is 9.88 Å². The molecule has 0 saturated heterocycles. The fourth-order valence-corrected chi connectivity index (χ4v) is 4.09. The van der Waals surface area contributed by atoms with Gasteiger partial charge >= 0.3 is 0 Å². The van der Waals surface area contributed by atoms with Crippen LogP contribution >= 0.6 is 43.6 Å². The Bertz CT molecular complexity index is 986. The first-order chi connectivity index (χ1) is 13.3. The van der Waals surface area contributed by atoms with Crippen molar-refractivity contribution in [3.63, 3.8) is 0 Å². The number of carbonyl (C=O) groups is 1. The second-order valence-corrected chi connectivity index (χ2v) is 9.37. The molecule has 0 spiro atoms. The summed E-state index contributed by atoms with van der Waals surface area (Å²) >= 11 is 8.29. The maximum atomic E-state index is 12.5. The summed E-state index contributed by atoms with van der Waals surface area (Å²) in [5, 5.41) is 12.2. The monoisotopic (exact) mass is 522 g/mol. The van der Waals surface area contributed by atoms with Gasteiger partial charge in [-0.05, 0) is 41.8 Å². The van der Waals surface area contributed by atoms with Gasteiger partial charge in [0.1, 0.15) is 0 Å². The number of anilines is 1. The van der Waals surface area contributed by atoms with E-state index in [0.717, 1.165) is 31.6 Å². The van der Waals surface area contributed by atoms with Gasteiger partial charge in [0.25, 0.3) is 0 Å². The van der Waals surface area contributed by atoms with Crippen LogP contribution in [0.3, 0.4) is 0 Å². The molecule has 0 aliphatic heterocycles. The summed E-state index contributed by atoms with van der Waals surface area (Å²) in [4.78, 5) is 12.5. The molecule has 0 saturated carbocycles. The highest BCUT2D eigenvalue weighted by atomic mass is 79.9. The Morgan fingerprint density at radius 2 is 1.79 bits per heavy atom. The van der Waals surface area contributed by atoms with Crippen molar-refractivity contribution in [2.24, 2.45) is 7.05 Å². The third-order valence-corrected chi connectivity index (χ3v) is 6.22. The fourth-order valence-electron chi connectivity index (χ4n) is 2.73. The molecule has 0 unspecified atom stereocenters. The highest BCUT2D eigenvalue weighted by Crippen LogP contribution is 2.28. The molecular formula is C20H20Br2N4OS. The van der Waals surface area contributed by atoms with Crippen LogP contribution in [0.2, 0.25) is 0 Å². The molecule has 1 heterocycles. The summed E-state index contributed by atoms with van der Waals surface area (Å²) < 4.78 is 3.92. The van der Waals surface area contributed by atoms with Gasteiger partial charge in [-0.15, -0.1) is 10.2 Å². The van der Waals surface area contributed by atoms with Crippen LogP contribution < -0.4 is 5.32 Å². The van der Waals surface area contributed by atoms with E-state index in [-0.39, 0.29) is 11.7 Å². The lowest BCUT2D eigenvalue weighted by Gasteiger charge is -2.14. The lowest BCUT2D eigenvalue weighted by Crippen LogP contribution is -2.16. The third kappa shape index (κ3) is 5.04. The molecule has 1 aromatic heterocycles. The minimum atomic E-state index is -0.0672. The van der Waals surface area contributed by atoms with Crippen molar-refractivity contribution < 1.29 is 4.79 Å². The molecule has 0 atom stereocenters. The Hall–Kier alpha value is -1.64. The summed E-state index contributed by atoms with van der Waals surface area (Å²) in [6.07, 6.45) is 0. The molecule has 0 bridgehead atoms. The quantitative estimate of drug-likeness (QED) is 0.411. The van der Waals surface area contributed by atoms with Crippen molar-refractivity contribution in [1.29, 1.82) is 0 Å². The van der Waals surface area contributed by atoms with Gasteiger partial charge in [-0.1, -0.05) is 69.6 Å². The summed E-state index contributed by atoms with van der Waals surface area (Å²) in [6.45, 7) is 4.21. The average Bonchev–Trinajstić information content (AvgIpc) is 3.02. The lowest BCUT2D eigenvalue weighted by molar-refractivity contribution is -0.113. The van der Waals surface area contributed by atoms with Gasteiger partial charge in [-0.2, -0.15) is 0 Å². The molecule has 0 aliphatic carbocycles. The van der Waals surface area contributed by atoms with E-state index in [0.29, 0.717) is 11.1 Å². The fraction of sp³-hybridized carbons (Fsp3) is 0.250. The molecule has 2 aromatic carbocycles. The van der Waals surface area contributed by atoms with E-state index in [1.54, 1.807) is 0 Å². The number of rotatable bonds is 6. The summed E-state index contributed by atoms with van der Waals surface area (Å²) in [7, 11) is 1.91. The van der Waals surface area contributed by atoms with Crippen molar-refractivity contribution in [3.8, 4) is 11.4 Å². The molecule has 0 aliphatic rings. The zero-order valence-electron chi connectivity index (χ0n) is 15.7. The second-order valence-electron chi connectivity index (χ2n) is 6.60. The molecule has 0 radical (unpaired) electrons. The minimum absolute atomic E-state index is 0.0672. The minimum Gasteiger partial charge on any atom is -0.325 e. The number of benzene rings is 2. The molecule has 1 amide bonds. The van der Waals surface area contributed by atoms with Crippen LogP contribution in [0.4, 0.5) is 5.69 Å². The Morgan fingerprint density at radius 3 is 2.46 bits per heavy atom. The highest BCUT2D eigenvalue weighted by Gasteiger charge is 2.14. The highest BCUT2D eigenvalue weighted by molar-refractivity contribution is 9.10. The van der Waals surface area contributed by atoms with Crippen molar-refractivity contribution in [1.82, 2.24) is 14.8 Å². The maximum Gasteiger partial charge on any atom is 0.234 e. The van der Waals surface area contributed by atoms with Crippen molar-refractivity contribution in [2.45, 2.75) is 24.9 Å². The van der Waals surface area contributed by atoms with E-state index in [4.69, 9.17) is 0 Å². The molecule has 8 heteroatoms. The van der Waals surface area contributed by atoms with Crippen LogP contribution in [0.5, 0.6) is 0 Å². The summed E-state index contributed by atoms with van der Waals surface area (Å²) in [6, 6.07) is 13.8. The van der Waals surface area contributed by atoms with Crippen LogP contribution in [-0.2, 0) is 11.8 Å². The molecule has 5 nitrogen and oxygen atoms in total. The number of nitrogens with one attached hydrogen (secondary N) is 1. The number of nitrogens with zero attached hydrogens (tertiary/aromatic N) is 3. The van der Waals surface area contributed by atoms with Gasteiger partial charge in [0.05, 0.1) is 5.75 Å². The van der Waals surface area contributed by atoms with E-state index < -0.39 is 0 Å². The molecule has 1 N–H and O–H groups in total. The first-order valence-electron chi connectivity index (χ1n) is 8.72. The lowest BCUT2D eigenvalue weighted by atomic mass is 10.0. The van der Waals surface area contributed by atoms with Gasteiger partial charge in [-0.25, -0.2) is 0 Å². The van der Waals surface area contributed by atoms with Gasteiger partial charge in [0, 0.05) is 27.2 Å². The van der Waals surface area contributed by atoms with Crippen LogP contribution in [0.1, 0.15) is 25.3 Å². The SMILES string of the molecule is CC(C)c1cc(Br)ccc1NC(=O)CSc1nnc(-c2ccc(Br)cc2)n1C. The molecular weight excluding hydrogens is 504 g/mol. The molecule has 146 valence electrons. The summed E-state index contributed by atoms with van der Waals surface area (Å²) in [5.74, 6) is 1.28. The number of hydrogen-bond acceptors (Lipinski definition) is 4. The van der Waals surface area contributed by atoms with Crippen LogP contribution in [0.15, 0.2) is 56.6 Å². The smallest absolute Gasteiger partial charge is 0.234 e.